The molecule has 0 aromatic carbocycles. The fraction of sp³-hybridized carbons (Fsp3) is 0.250. The monoisotopic (exact) mass is 205 g/mol. The van der Waals surface area contributed by atoms with Crippen molar-refractivity contribution in [2.75, 3.05) is 5.73 Å². The number of hydrogen-bond donors (Lipinski definition) is 3. The number of azo groups is 1. The first-order chi connectivity index (χ1) is 7.16. The summed E-state index contributed by atoms with van der Waals surface area (Å²) in [7, 11) is 0. The molecule has 0 radical (unpaired) electrons. The zero-order valence-corrected chi connectivity index (χ0v) is 8.44. The standard InChI is InChI=1S/C8H11N7/c1-4-3-6(12-10-4)13-14-7-5(2)11-15-8(7)9/h3H,1-2H3,(H,10,12)(H3,9,11,15). The van der Waals surface area contributed by atoms with Crippen molar-refractivity contribution in [2.24, 2.45) is 10.2 Å². The summed E-state index contributed by atoms with van der Waals surface area (Å²) in [6.45, 7) is 3.72. The second-order valence-corrected chi connectivity index (χ2v) is 3.19. The molecular formula is C8H11N7. The predicted molar refractivity (Wildman–Crippen MR) is 55.2 cm³/mol. The molecule has 7 nitrogen and oxygen atoms in total. The van der Waals surface area contributed by atoms with Crippen LogP contribution in [0.2, 0.25) is 0 Å². The van der Waals surface area contributed by atoms with Gasteiger partial charge in [-0.2, -0.15) is 10.2 Å². The van der Waals surface area contributed by atoms with Crippen molar-refractivity contribution in [1.82, 2.24) is 20.4 Å². The van der Waals surface area contributed by atoms with Gasteiger partial charge in [0.05, 0.1) is 5.69 Å². The number of hydrogen-bond acceptors (Lipinski definition) is 5. The van der Waals surface area contributed by atoms with E-state index in [9.17, 15) is 0 Å². The van der Waals surface area contributed by atoms with Crippen molar-refractivity contribution >= 4 is 17.3 Å². The quantitative estimate of drug-likeness (QED) is 0.649. The summed E-state index contributed by atoms with van der Waals surface area (Å²) < 4.78 is 0. The summed E-state index contributed by atoms with van der Waals surface area (Å²) in [5.74, 6) is 0.857. The molecule has 0 fully saturated rings. The van der Waals surface area contributed by atoms with Crippen LogP contribution in [0.1, 0.15) is 11.4 Å². The minimum Gasteiger partial charge on any atom is -0.380 e. The lowest BCUT2D eigenvalue weighted by Gasteiger charge is -1.88. The van der Waals surface area contributed by atoms with Crippen molar-refractivity contribution in [3.05, 3.63) is 17.5 Å². The first-order valence-electron chi connectivity index (χ1n) is 4.41. The highest BCUT2D eigenvalue weighted by molar-refractivity contribution is 5.59. The zero-order valence-electron chi connectivity index (χ0n) is 8.44. The van der Waals surface area contributed by atoms with E-state index in [2.05, 4.69) is 30.6 Å². The SMILES string of the molecule is Cc1cc(N=Nc2c(N)n[nH]c2C)n[nH]1. The maximum absolute atomic E-state index is 5.59. The highest BCUT2D eigenvalue weighted by atomic mass is 15.3. The van der Waals surface area contributed by atoms with Crippen LogP contribution in [0.4, 0.5) is 17.3 Å². The lowest BCUT2D eigenvalue weighted by atomic mass is 10.4. The molecule has 0 atom stereocenters. The van der Waals surface area contributed by atoms with Gasteiger partial charge in [0, 0.05) is 11.8 Å². The Balaban J connectivity index is 2.25. The van der Waals surface area contributed by atoms with Gasteiger partial charge in [0.15, 0.2) is 17.3 Å². The molecule has 2 aromatic rings. The van der Waals surface area contributed by atoms with Crippen molar-refractivity contribution in [2.45, 2.75) is 13.8 Å². The second kappa shape index (κ2) is 3.52. The highest BCUT2D eigenvalue weighted by Crippen LogP contribution is 2.25. The molecule has 0 unspecified atom stereocenters. The van der Waals surface area contributed by atoms with Crippen LogP contribution in [0, 0.1) is 13.8 Å². The van der Waals surface area contributed by atoms with Crippen molar-refractivity contribution in [3.63, 3.8) is 0 Å². The van der Waals surface area contributed by atoms with E-state index in [1.807, 2.05) is 13.8 Å². The Kier molecular flexibility index (Phi) is 2.20. The van der Waals surface area contributed by atoms with Crippen LogP contribution in [-0.2, 0) is 0 Å². The van der Waals surface area contributed by atoms with E-state index in [0.29, 0.717) is 17.3 Å². The summed E-state index contributed by atoms with van der Waals surface area (Å²) in [4.78, 5) is 0. The number of nitrogens with two attached hydrogens (primary N) is 1. The van der Waals surface area contributed by atoms with Crippen LogP contribution in [0.5, 0.6) is 0 Å². The van der Waals surface area contributed by atoms with E-state index in [0.717, 1.165) is 11.4 Å². The number of nitrogen functional groups attached to an aromatic ring is 1. The number of anilines is 1. The number of nitrogens with zero attached hydrogens (tertiary/aromatic N) is 4. The largest absolute Gasteiger partial charge is 0.380 e. The van der Waals surface area contributed by atoms with E-state index in [1.54, 1.807) is 6.07 Å². The third kappa shape index (κ3) is 1.85. The number of rotatable bonds is 2. The molecule has 4 N–H and O–H groups in total. The maximum atomic E-state index is 5.59. The number of H-pyrrole nitrogens is 2. The Morgan fingerprint density at radius 1 is 1.20 bits per heavy atom. The van der Waals surface area contributed by atoms with Gasteiger partial charge in [0.2, 0.25) is 0 Å². The Labute approximate surface area is 85.8 Å². The normalized spacial score (nSPS) is 11.3. The Morgan fingerprint density at radius 3 is 2.53 bits per heavy atom. The Bertz CT molecular complexity index is 473. The molecule has 0 aliphatic rings. The summed E-state index contributed by atoms with van der Waals surface area (Å²) in [5, 5.41) is 21.1. The minimum absolute atomic E-state index is 0.337. The molecule has 7 heteroatoms. The molecule has 0 spiro atoms. The third-order valence-electron chi connectivity index (χ3n) is 1.89. The smallest absolute Gasteiger partial charge is 0.195 e. The van der Waals surface area contributed by atoms with Gasteiger partial charge in [-0.15, -0.1) is 10.2 Å². The average molecular weight is 205 g/mol. The van der Waals surface area contributed by atoms with Gasteiger partial charge in [-0.25, -0.2) is 0 Å². The molecule has 0 saturated heterocycles. The number of nitrogens with one attached hydrogen (secondary N) is 2. The molecule has 15 heavy (non-hydrogen) atoms. The Hall–Kier alpha value is -2.18. The molecule has 0 bridgehead atoms. The molecule has 0 amide bonds. The van der Waals surface area contributed by atoms with Crippen molar-refractivity contribution in [3.8, 4) is 0 Å². The molecule has 0 aliphatic carbocycles. The topological polar surface area (TPSA) is 108 Å². The number of aromatic nitrogens is 4. The van der Waals surface area contributed by atoms with E-state index in [4.69, 9.17) is 5.73 Å². The number of aromatic amines is 2. The van der Waals surface area contributed by atoms with Crippen molar-refractivity contribution in [1.29, 1.82) is 0 Å². The molecule has 0 saturated carbocycles. The van der Waals surface area contributed by atoms with Crippen LogP contribution < -0.4 is 5.73 Å². The van der Waals surface area contributed by atoms with Crippen LogP contribution in [0.3, 0.4) is 0 Å². The summed E-state index contributed by atoms with van der Waals surface area (Å²) in [6.07, 6.45) is 0. The summed E-state index contributed by atoms with van der Waals surface area (Å²) >= 11 is 0. The van der Waals surface area contributed by atoms with Crippen LogP contribution in [0.15, 0.2) is 16.3 Å². The fourth-order valence-corrected chi connectivity index (χ4v) is 1.12. The maximum Gasteiger partial charge on any atom is 0.195 e. The van der Waals surface area contributed by atoms with E-state index >= 15 is 0 Å². The van der Waals surface area contributed by atoms with Crippen LogP contribution in [-0.4, -0.2) is 20.4 Å². The molecule has 2 aromatic heterocycles. The lowest BCUT2D eigenvalue weighted by Crippen LogP contribution is -1.83. The summed E-state index contributed by atoms with van der Waals surface area (Å²) in [5.41, 5.74) is 7.85. The molecule has 2 rings (SSSR count). The van der Waals surface area contributed by atoms with Gasteiger partial charge in [-0.05, 0) is 13.8 Å². The first kappa shape index (κ1) is 9.38. The van der Waals surface area contributed by atoms with Gasteiger partial charge >= 0.3 is 0 Å². The highest BCUT2D eigenvalue weighted by Gasteiger charge is 2.05. The van der Waals surface area contributed by atoms with E-state index in [-0.39, 0.29) is 0 Å². The molecule has 2 heterocycles. The first-order valence-corrected chi connectivity index (χ1v) is 4.41. The summed E-state index contributed by atoms with van der Waals surface area (Å²) in [6, 6.07) is 1.79. The average Bonchev–Trinajstić information content (AvgIpc) is 2.73. The fourth-order valence-electron chi connectivity index (χ4n) is 1.12. The van der Waals surface area contributed by atoms with Gasteiger partial charge in [0.25, 0.3) is 0 Å². The molecular weight excluding hydrogens is 194 g/mol. The molecule has 78 valence electrons. The van der Waals surface area contributed by atoms with E-state index in [1.165, 1.54) is 0 Å². The molecule has 0 aliphatic heterocycles. The number of aryl methyl sites for hydroxylation is 2. The predicted octanol–water partition coefficient (Wildman–Crippen LogP) is 1.75. The van der Waals surface area contributed by atoms with Crippen LogP contribution in [0.25, 0.3) is 0 Å². The van der Waals surface area contributed by atoms with Gasteiger partial charge < -0.3 is 5.73 Å². The van der Waals surface area contributed by atoms with Gasteiger partial charge in [-0.1, -0.05) is 0 Å². The van der Waals surface area contributed by atoms with Gasteiger partial charge in [-0.3, -0.25) is 10.2 Å². The second-order valence-electron chi connectivity index (χ2n) is 3.19. The third-order valence-corrected chi connectivity index (χ3v) is 1.89. The van der Waals surface area contributed by atoms with Crippen LogP contribution >= 0.6 is 0 Å². The Morgan fingerprint density at radius 2 is 2.00 bits per heavy atom. The lowest BCUT2D eigenvalue weighted by molar-refractivity contribution is 1.02. The zero-order chi connectivity index (χ0) is 10.8. The van der Waals surface area contributed by atoms with Gasteiger partial charge in [0.1, 0.15) is 0 Å². The van der Waals surface area contributed by atoms with Crippen molar-refractivity contribution < 1.29 is 0 Å². The minimum atomic E-state index is 0.337. The van der Waals surface area contributed by atoms with E-state index < -0.39 is 0 Å².